The molecule has 1 saturated carbocycles. The maximum atomic E-state index is 6.42. The Balaban J connectivity index is 0.00000182. The number of nitrogens with zero attached hydrogens (tertiary/aromatic N) is 1. The maximum Gasteiger partial charge on any atom is 0.0730 e. The van der Waals surface area contributed by atoms with E-state index >= 15 is 0 Å². The molecule has 2 aromatic carbocycles. The van der Waals surface area contributed by atoms with Crippen molar-refractivity contribution in [2.75, 3.05) is 19.7 Å². The molecule has 136 valence electrons. The molecule has 25 heavy (non-hydrogen) atoms. The zero-order valence-corrected chi connectivity index (χ0v) is 15.8. The molecule has 2 fully saturated rings. The molecule has 1 heterocycles. The molecule has 0 spiro atoms. The van der Waals surface area contributed by atoms with Crippen LogP contribution in [0.15, 0.2) is 42.5 Å². The highest BCUT2D eigenvalue weighted by Crippen LogP contribution is 2.28. The Labute approximate surface area is 158 Å². The van der Waals surface area contributed by atoms with E-state index in [0.29, 0.717) is 12.1 Å². The molecule has 0 aromatic heterocycles. The summed E-state index contributed by atoms with van der Waals surface area (Å²) in [5, 5.41) is 2.71. The highest BCUT2D eigenvalue weighted by atomic mass is 35.5. The van der Waals surface area contributed by atoms with E-state index in [0.717, 1.165) is 13.0 Å². The lowest BCUT2D eigenvalue weighted by Gasteiger charge is -2.37. The Kier molecular flexibility index (Phi) is 6.75. The first-order valence-corrected chi connectivity index (χ1v) is 9.74. The molecule has 0 bridgehead atoms. The van der Waals surface area contributed by atoms with Crippen LogP contribution < -0.4 is 0 Å². The molecule has 1 saturated heterocycles. The Morgan fingerprint density at radius 2 is 1.64 bits per heavy atom. The van der Waals surface area contributed by atoms with Gasteiger partial charge in [0.2, 0.25) is 0 Å². The van der Waals surface area contributed by atoms with E-state index in [1.807, 2.05) is 0 Å². The fraction of sp³-hybridized carbons (Fsp3) is 0.545. The number of hydrogen-bond acceptors (Lipinski definition) is 2. The highest BCUT2D eigenvalue weighted by Gasteiger charge is 2.31. The first-order chi connectivity index (χ1) is 11.9. The van der Waals surface area contributed by atoms with Crippen molar-refractivity contribution in [3.05, 3.63) is 48.0 Å². The van der Waals surface area contributed by atoms with Crippen molar-refractivity contribution in [1.29, 1.82) is 0 Å². The summed E-state index contributed by atoms with van der Waals surface area (Å²) >= 11 is 0. The van der Waals surface area contributed by atoms with Gasteiger partial charge in [-0.2, -0.15) is 0 Å². The van der Waals surface area contributed by atoms with Crippen LogP contribution >= 0.6 is 12.4 Å². The second-order valence-electron chi connectivity index (χ2n) is 7.39. The zero-order valence-electron chi connectivity index (χ0n) is 15.0. The van der Waals surface area contributed by atoms with Crippen LogP contribution in [0.4, 0.5) is 0 Å². The number of halogens is 1. The third kappa shape index (κ3) is 4.36. The monoisotopic (exact) mass is 359 g/mol. The van der Waals surface area contributed by atoms with Gasteiger partial charge in [0.15, 0.2) is 0 Å². The molecular formula is C22H30ClNO. The predicted octanol–water partition coefficient (Wildman–Crippen LogP) is 5.23. The van der Waals surface area contributed by atoms with Gasteiger partial charge >= 0.3 is 0 Å². The Morgan fingerprint density at radius 1 is 0.880 bits per heavy atom. The van der Waals surface area contributed by atoms with Gasteiger partial charge in [-0.05, 0) is 61.5 Å². The molecule has 0 N–H and O–H groups in total. The molecule has 2 nitrogen and oxygen atoms in total. The van der Waals surface area contributed by atoms with Crippen LogP contribution in [0.25, 0.3) is 10.8 Å². The van der Waals surface area contributed by atoms with E-state index in [1.165, 1.54) is 68.0 Å². The van der Waals surface area contributed by atoms with Gasteiger partial charge in [-0.3, -0.25) is 4.90 Å². The topological polar surface area (TPSA) is 12.5 Å². The fourth-order valence-electron chi connectivity index (χ4n) is 4.59. The number of fused-ring (bicyclic) bond motifs is 1. The van der Waals surface area contributed by atoms with E-state index < -0.39 is 0 Å². The lowest BCUT2D eigenvalue weighted by molar-refractivity contribution is -0.0289. The number of hydrogen-bond donors (Lipinski definition) is 0. The molecule has 0 radical (unpaired) electrons. The SMILES string of the molecule is Cl.c1ccc2c(CCO[C@H]3CCCC[C@@H]3N3CCCC3)cccc2c1. The third-order valence-corrected chi connectivity index (χ3v) is 5.86. The van der Waals surface area contributed by atoms with Gasteiger partial charge < -0.3 is 4.74 Å². The predicted molar refractivity (Wildman–Crippen MR) is 108 cm³/mol. The van der Waals surface area contributed by atoms with Gasteiger partial charge in [-0.25, -0.2) is 0 Å². The van der Waals surface area contributed by atoms with Crippen LogP contribution in [0.3, 0.4) is 0 Å². The van der Waals surface area contributed by atoms with Crippen LogP contribution in [-0.2, 0) is 11.2 Å². The van der Waals surface area contributed by atoms with Gasteiger partial charge in [0.1, 0.15) is 0 Å². The number of benzene rings is 2. The summed E-state index contributed by atoms with van der Waals surface area (Å²) in [7, 11) is 0. The Bertz CT molecular complexity index is 663. The van der Waals surface area contributed by atoms with Gasteiger partial charge in [-0.1, -0.05) is 55.3 Å². The number of rotatable bonds is 5. The highest BCUT2D eigenvalue weighted by molar-refractivity contribution is 5.86. The van der Waals surface area contributed by atoms with Gasteiger partial charge in [-0.15, -0.1) is 12.4 Å². The molecule has 0 unspecified atom stereocenters. The molecular weight excluding hydrogens is 330 g/mol. The van der Waals surface area contributed by atoms with Crippen molar-refractivity contribution in [2.24, 2.45) is 0 Å². The van der Waals surface area contributed by atoms with Crippen LogP contribution in [0.2, 0.25) is 0 Å². The molecule has 2 aromatic rings. The Morgan fingerprint density at radius 3 is 2.52 bits per heavy atom. The largest absolute Gasteiger partial charge is 0.376 e. The smallest absolute Gasteiger partial charge is 0.0730 e. The molecule has 0 amide bonds. The lowest BCUT2D eigenvalue weighted by Crippen LogP contribution is -2.45. The second kappa shape index (κ2) is 9.02. The quantitative estimate of drug-likeness (QED) is 0.724. The van der Waals surface area contributed by atoms with Crippen LogP contribution in [-0.4, -0.2) is 36.7 Å². The lowest BCUT2D eigenvalue weighted by atomic mass is 9.91. The van der Waals surface area contributed by atoms with Crippen molar-refractivity contribution in [3.8, 4) is 0 Å². The summed E-state index contributed by atoms with van der Waals surface area (Å²) < 4.78 is 6.42. The molecule has 2 atom stereocenters. The number of ether oxygens (including phenoxy) is 1. The number of likely N-dealkylation sites (tertiary alicyclic amines) is 1. The van der Waals surface area contributed by atoms with E-state index in [9.17, 15) is 0 Å². The summed E-state index contributed by atoms with van der Waals surface area (Å²) in [6, 6.07) is 16.0. The molecule has 3 heteroatoms. The van der Waals surface area contributed by atoms with Crippen LogP contribution in [0.1, 0.15) is 44.1 Å². The minimum Gasteiger partial charge on any atom is -0.376 e. The van der Waals surface area contributed by atoms with E-state index in [4.69, 9.17) is 4.74 Å². The van der Waals surface area contributed by atoms with Gasteiger partial charge in [0.25, 0.3) is 0 Å². The zero-order chi connectivity index (χ0) is 16.2. The molecule has 1 aliphatic carbocycles. The first kappa shape index (κ1) is 18.7. The van der Waals surface area contributed by atoms with E-state index in [1.54, 1.807) is 0 Å². The van der Waals surface area contributed by atoms with Crippen molar-refractivity contribution in [2.45, 2.75) is 57.1 Å². The van der Waals surface area contributed by atoms with Gasteiger partial charge in [0, 0.05) is 6.04 Å². The molecule has 4 rings (SSSR count). The summed E-state index contributed by atoms with van der Waals surface area (Å²) in [5.41, 5.74) is 1.42. The van der Waals surface area contributed by atoms with Gasteiger partial charge in [0.05, 0.1) is 12.7 Å². The molecule has 1 aliphatic heterocycles. The minimum absolute atomic E-state index is 0. The average molecular weight is 360 g/mol. The summed E-state index contributed by atoms with van der Waals surface area (Å²) in [5.74, 6) is 0. The second-order valence-corrected chi connectivity index (χ2v) is 7.39. The first-order valence-electron chi connectivity index (χ1n) is 9.74. The Hall–Kier alpha value is -1.09. The summed E-state index contributed by atoms with van der Waals surface area (Å²) in [6.45, 7) is 3.42. The van der Waals surface area contributed by atoms with Crippen LogP contribution in [0.5, 0.6) is 0 Å². The standard InChI is InChI=1S/C22H29NO.ClH/c1-2-11-20-18(8-1)9-7-10-19(20)14-17-24-22-13-4-3-12-21(22)23-15-5-6-16-23;/h1-2,7-11,21-22H,3-6,12-17H2;1H/t21-,22-;/m0./s1. The maximum absolute atomic E-state index is 6.42. The van der Waals surface area contributed by atoms with Crippen molar-refractivity contribution < 1.29 is 4.74 Å². The van der Waals surface area contributed by atoms with E-state index in [2.05, 4.69) is 47.4 Å². The average Bonchev–Trinajstić information content (AvgIpc) is 3.17. The van der Waals surface area contributed by atoms with E-state index in [-0.39, 0.29) is 12.4 Å². The summed E-state index contributed by atoms with van der Waals surface area (Å²) in [4.78, 5) is 2.70. The fourth-order valence-corrected chi connectivity index (χ4v) is 4.59. The summed E-state index contributed by atoms with van der Waals surface area (Å²) in [6.07, 6.45) is 9.51. The normalized spacial score (nSPS) is 24.3. The molecule has 2 aliphatic rings. The minimum atomic E-state index is 0. The van der Waals surface area contributed by atoms with Crippen LogP contribution in [0, 0.1) is 0 Å². The van der Waals surface area contributed by atoms with Crippen molar-refractivity contribution >= 4 is 23.2 Å². The third-order valence-electron chi connectivity index (χ3n) is 5.86. The van der Waals surface area contributed by atoms with Crippen molar-refractivity contribution in [1.82, 2.24) is 4.90 Å². The van der Waals surface area contributed by atoms with Crippen molar-refractivity contribution in [3.63, 3.8) is 0 Å².